The first-order valence-corrected chi connectivity index (χ1v) is 9.63. The number of anilines is 1. The Morgan fingerprint density at radius 1 is 1.26 bits per heavy atom. The summed E-state index contributed by atoms with van der Waals surface area (Å²) in [6.45, 7) is 4.59. The molecule has 2 amide bonds. The van der Waals surface area contributed by atoms with Gasteiger partial charge in [0.05, 0.1) is 13.0 Å². The Morgan fingerprint density at radius 2 is 2.07 bits per heavy atom. The van der Waals surface area contributed by atoms with Crippen LogP contribution in [-0.2, 0) is 4.79 Å². The summed E-state index contributed by atoms with van der Waals surface area (Å²) in [4.78, 5) is 28.0. The third-order valence-corrected chi connectivity index (χ3v) is 5.46. The van der Waals surface area contributed by atoms with Crippen LogP contribution in [0.5, 0.6) is 5.75 Å². The summed E-state index contributed by atoms with van der Waals surface area (Å²) in [5.74, 6) is -0.272. The third-order valence-electron chi connectivity index (χ3n) is 5.46. The Morgan fingerprint density at radius 3 is 2.81 bits per heavy atom. The zero-order chi connectivity index (χ0) is 19.4. The van der Waals surface area contributed by atoms with Crippen LogP contribution in [-0.4, -0.2) is 61.3 Å². The molecule has 0 aliphatic carbocycles. The molecule has 3 atom stereocenters. The average molecular weight is 375 g/mol. The third kappa shape index (κ3) is 4.84. The fraction of sp³-hybridized carbons (Fsp3) is 0.600. The molecule has 2 saturated heterocycles. The maximum absolute atomic E-state index is 12.7. The number of carbonyl (C=O) groups excluding carboxylic acids is 1. The van der Waals surface area contributed by atoms with Gasteiger partial charge < -0.3 is 25.0 Å². The molecule has 2 aliphatic heterocycles. The Kier molecular flexibility index (Phi) is 6.08. The largest absolute Gasteiger partial charge is 0.497 e. The number of piperidine rings is 2. The van der Waals surface area contributed by atoms with Crippen molar-refractivity contribution in [3.63, 3.8) is 0 Å². The maximum Gasteiger partial charge on any atom is 0.317 e. The monoisotopic (exact) mass is 375 g/mol. The second-order valence-corrected chi connectivity index (χ2v) is 7.72. The number of amides is 2. The van der Waals surface area contributed by atoms with E-state index in [1.54, 1.807) is 12.0 Å². The summed E-state index contributed by atoms with van der Waals surface area (Å²) in [6.07, 6.45) is 2.56. The van der Waals surface area contributed by atoms with Crippen molar-refractivity contribution in [3.05, 3.63) is 24.3 Å². The number of aliphatic carboxylic acids is 1. The number of benzene rings is 1. The topological polar surface area (TPSA) is 82.1 Å². The van der Waals surface area contributed by atoms with Gasteiger partial charge in [0.2, 0.25) is 0 Å². The Balaban J connectivity index is 1.59. The van der Waals surface area contributed by atoms with Crippen molar-refractivity contribution < 1.29 is 19.4 Å². The molecule has 2 aliphatic rings. The van der Waals surface area contributed by atoms with E-state index in [9.17, 15) is 14.7 Å². The summed E-state index contributed by atoms with van der Waals surface area (Å²) in [6, 6.07) is 7.86. The normalized spacial score (nSPS) is 25.8. The quantitative estimate of drug-likeness (QED) is 0.845. The first-order chi connectivity index (χ1) is 13.0. The fourth-order valence-electron chi connectivity index (χ4n) is 4.10. The van der Waals surface area contributed by atoms with E-state index in [1.165, 1.54) is 0 Å². The van der Waals surface area contributed by atoms with E-state index in [0.29, 0.717) is 13.0 Å². The van der Waals surface area contributed by atoms with E-state index >= 15 is 0 Å². The predicted molar refractivity (Wildman–Crippen MR) is 103 cm³/mol. The number of hydrogen-bond donors (Lipinski definition) is 2. The van der Waals surface area contributed by atoms with Crippen molar-refractivity contribution in [3.8, 4) is 5.75 Å². The minimum absolute atomic E-state index is 0.0537. The molecular weight excluding hydrogens is 346 g/mol. The molecule has 7 heteroatoms. The summed E-state index contributed by atoms with van der Waals surface area (Å²) in [5.41, 5.74) is 1.09. The molecule has 3 rings (SSSR count). The average Bonchev–Trinajstić information content (AvgIpc) is 2.67. The van der Waals surface area contributed by atoms with E-state index in [0.717, 1.165) is 37.4 Å². The molecule has 148 valence electrons. The second kappa shape index (κ2) is 8.50. The number of methoxy groups -OCH3 is 1. The standard InChI is InChI=1S/C20H29N3O4/c1-14-9-15(19(24)25)12-23(11-14)20(26)21-16-5-4-8-22(13-16)17-6-3-7-18(10-17)27-2/h3,6-7,10,14-16H,4-5,8-9,11-13H2,1-2H3,(H,21,26)(H,24,25). The zero-order valence-corrected chi connectivity index (χ0v) is 16.1. The lowest BCUT2D eigenvalue weighted by Gasteiger charge is -2.38. The van der Waals surface area contributed by atoms with Gasteiger partial charge in [-0.2, -0.15) is 0 Å². The SMILES string of the molecule is COc1cccc(N2CCCC(NC(=O)N3CC(C)CC(C(=O)O)C3)C2)c1. The van der Waals surface area contributed by atoms with Crippen LogP contribution >= 0.6 is 0 Å². The number of nitrogens with zero attached hydrogens (tertiary/aromatic N) is 2. The molecule has 0 saturated carbocycles. The van der Waals surface area contributed by atoms with Gasteiger partial charge in [-0.15, -0.1) is 0 Å². The van der Waals surface area contributed by atoms with Crippen molar-refractivity contribution >= 4 is 17.7 Å². The molecule has 2 N–H and O–H groups in total. The number of carboxylic acid groups (broad SMARTS) is 1. The molecule has 0 bridgehead atoms. The molecule has 7 nitrogen and oxygen atoms in total. The number of carbonyl (C=O) groups is 2. The highest BCUT2D eigenvalue weighted by molar-refractivity contribution is 5.77. The van der Waals surface area contributed by atoms with Gasteiger partial charge >= 0.3 is 12.0 Å². The highest BCUT2D eigenvalue weighted by Crippen LogP contribution is 2.25. The van der Waals surface area contributed by atoms with Gasteiger partial charge in [0.1, 0.15) is 5.75 Å². The molecule has 2 fully saturated rings. The fourth-order valence-corrected chi connectivity index (χ4v) is 4.10. The lowest BCUT2D eigenvalue weighted by atomic mass is 9.91. The molecular formula is C20H29N3O4. The number of rotatable bonds is 4. The van der Waals surface area contributed by atoms with Gasteiger partial charge in [0.15, 0.2) is 0 Å². The van der Waals surface area contributed by atoms with Gasteiger partial charge in [0.25, 0.3) is 0 Å². The van der Waals surface area contributed by atoms with Crippen LogP contribution in [0.1, 0.15) is 26.2 Å². The smallest absolute Gasteiger partial charge is 0.317 e. The summed E-state index contributed by atoms with van der Waals surface area (Å²) >= 11 is 0. The number of ether oxygens (including phenoxy) is 1. The van der Waals surface area contributed by atoms with Gasteiger partial charge in [0, 0.05) is 44.0 Å². The first kappa shape index (κ1) is 19.3. The van der Waals surface area contributed by atoms with E-state index in [4.69, 9.17) is 4.74 Å². The van der Waals surface area contributed by atoms with E-state index in [1.807, 2.05) is 25.1 Å². The van der Waals surface area contributed by atoms with Crippen LogP contribution < -0.4 is 15.0 Å². The number of hydrogen-bond acceptors (Lipinski definition) is 4. The van der Waals surface area contributed by atoms with Crippen LogP contribution in [0, 0.1) is 11.8 Å². The molecule has 3 unspecified atom stereocenters. The molecule has 1 aromatic carbocycles. The van der Waals surface area contributed by atoms with E-state index < -0.39 is 11.9 Å². The van der Waals surface area contributed by atoms with Gasteiger partial charge in [-0.25, -0.2) is 4.79 Å². The maximum atomic E-state index is 12.7. The number of nitrogens with one attached hydrogen (secondary N) is 1. The van der Waals surface area contributed by atoms with E-state index in [2.05, 4.69) is 16.3 Å². The predicted octanol–water partition coefficient (Wildman–Crippen LogP) is 2.42. The summed E-state index contributed by atoms with van der Waals surface area (Å²) < 4.78 is 5.30. The molecule has 0 aromatic heterocycles. The van der Waals surface area contributed by atoms with Crippen LogP contribution in [0.2, 0.25) is 0 Å². The highest BCUT2D eigenvalue weighted by Gasteiger charge is 2.33. The minimum atomic E-state index is -0.818. The van der Waals surface area contributed by atoms with Gasteiger partial charge in [-0.05, 0) is 37.3 Å². The lowest BCUT2D eigenvalue weighted by molar-refractivity contribution is -0.143. The Bertz CT molecular complexity index is 681. The Hall–Kier alpha value is -2.44. The van der Waals surface area contributed by atoms with Crippen LogP contribution in [0.3, 0.4) is 0 Å². The molecule has 1 aromatic rings. The molecule has 0 radical (unpaired) electrons. The highest BCUT2D eigenvalue weighted by atomic mass is 16.5. The van der Waals surface area contributed by atoms with Crippen LogP contribution in [0.25, 0.3) is 0 Å². The summed E-state index contributed by atoms with van der Waals surface area (Å²) in [5, 5.41) is 12.4. The zero-order valence-electron chi connectivity index (χ0n) is 16.1. The first-order valence-electron chi connectivity index (χ1n) is 9.63. The van der Waals surface area contributed by atoms with Gasteiger partial charge in [-0.3, -0.25) is 4.79 Å². The minimum Gasteiger partial charge on any atom is -0.497 e. The molecule has 2 heterocycles. The van der Waals surface area contributed by atoms with Crippen molar-refractivity contribution in [2.75, 3.05) is 38.2 Å². The van der Waals surface area contributed by atoms with Crippen LogP contribution in [0.4, 0.5) is 10.5 Å². The summed E-state index contributed by atoms with van der Waals surface area (Å²) in [7, 11) is 1.66. The van der Waals surface area contributed by atoms with Gasteiger partial charge in [-0.1, -0.05) is 13.0 Å². The number of likely N-dealkylation sites (tertiary alicyclic amines) is 1. The van der Waals surface area contributed by atoms with Crippen molar-refractivity contribution in [2.45, 2.75) is 32.2 Å². The van der Waals surface area contributed by atoms with Crippen molar-refractivity contribution in [2.24, 2.45) is 11.8 Å². The van der Waals surface area contributed by atoms with Crippen molar-refractivity contribution in [1.82, 2.24) is 10.2 Å². The molecule has 0 spiro atoms. The number of urea groups is 1. The Labute approximate surface area is 160 Å². The molecule has 27 heavy (non-hydrogen) atoms. The second-order valence-electron chi connectivity index (χ2n) is 7.72. The van der Waals surface area contributed by atoms with Crippen LogP contribution in [0.15, 0.2) is 24.3 Å². The lowest BCUT2D eigenvalue weighted by Crippen LogP contribution is -2.55. The van der Waals surface area contributed by atoms with E-state index in [-0.39, 0.29) is 24.5 Å². The number of carboxylic acids is 1. The van der Waals surface area contributed by atoms with Crippen molar-refractivity contribution in [1.29, 1.82) is 0 Å².